The SMILES string of the molecule is CN=C(NCCC1CCCN(C(=O)OC(C)(C)C)C1)N1CCOC(c2cnn(C)c2)C1.I. The van der Waals surface area contributed by atoms with Crippen LogP contribution in [0.3, 0.4) is 0 Å². The zero-order valence-electron chi connectivity index (χ0n) is 20.0. The molecule has 9 nitrogen and oxygen atoms in total. The van der Waals surface area contributed by atoms with Crippen molar-refractivity contribution >= 4 is 36.0 Å². The van der Waals surface area contributed by atoms with E-state index in [1.807, 2.05) is 52.2 Å². The fraction of sp³-hybridized carbons (Fsp3) is 0.773. The van der Waals surface area contributed by atoms with Gasteiger partial charge in [0.1, 0.15) is 11.7 Å². The van der Waals surface area contributed by atoms with Gasteiger partial charge in [-0.1, -0.05) is 0 Å². The van der Waals surface area contributed by atoms with Crippen LogP contribution in [0.15, 0.2) is 17.4 Å². The van der Waals surface area contributed by atoms with E-state index >= 15 is 0 Å². The number of aromatic nitrogens is 2. The predicted octanol–water partition coefficient (Wildman–Crippen LogP) is 3.02. The number of piperidine rings is 1. The molecular formula is C22H39IN6O3. The van der Waals surface area contributed by atoms with Gasteiger partial charge in [0.05, 0.1) is 19.3 Å². The van der Waals surface area contributed by atoms with Gasteiger partial charge in [0.15, 0.2) is 5.96 Å². The molecule has 1 N–H and O–H groups in total. The van der Waals surface area contributed by atoms with E-state index in [0.717, 1.165) is 63.5 Å². The molecule has 0 aromatic carbocycles. The highest BCUT2D eigenvalue weighted by Gasteiger charge is 2.28. The average Bonchev–Trinajstić information content (AvgIpc) is 3.17. The lowest BCUT2D eigenvalue weighted by Gasteiger charge is -2.36. The van der Waals surface area contributed by atoms with E-state index < -0.39 is 5.60 Å². The quantitative estimate of drug-likeness (QED) is 0.345. The van der Waals surface area contributed by atoms with E-state index in [2.05, 4.69) is 20.3 Å². The number of aryl methyl sites for hydroxylation is 1. The first-order chi connectivity index (χ1) is 14.7. The molecule has 2 aliphatic heterocycles. The van der Waals surface area contributed by atoms with Gasteiger partial charge in [0, 0.05) is 52.0 Å². The Balaban J connectivity index is 0.00000363. The molecule has 0 spiro atoms. The number of nitrogens with one attached hydrogen (secondary N) is 1. The number of hydrogen-bond acceptors (Lipinski definition) is 5. The molecule has 3 rings (SSSR count). The molecule has 2 unspecified atom stereocenters. The molecule has 0 bridgehead atoms. The molecule has 1 aromatic heterocycles. The zero-order chi connectivity index (χ0) is 22.4. The Morgan fingerprint density at radius 2 is 2.09 bits per heavy atom. The van der Waals surface area contributed by atoms with E-state index in [1.165, 1.54) is 0 Å². The number of aliphatic imine (C=N–C) groups is 1. The summed E-state index contributed by atoms with van der Waals surface area (Å²) in [6, 6.07) is 0. The normalized spacial score (nSPS) is 22.3. The van der Waals surface area contributed by atoms with Crippen molar-refractivity contribution in [3.63, 3.8) is 0 Å². The Morgan fingerprint density at radius 1 is 1.31 bits per heavy atom. The van der Waals surface area contributed by atoms with Gasteiger partial charge >= 0.3 is 6.09 Å². The molecule has 0 saturated carbocycles. The minimum absolute atomic E-state index is 0. The summed E-state index contributed by atoms with van der Waals surface area (Å²) in [6.45, 7) is 10.3. The summed E-state index contributed by atoms with van der Waals surface area (Å²) in [5.74, 6) is 1.37. The number of guanidine groups is 1. The lowest BCUT2D eigenvalue weighted by atomic mass is 9.95. The Hall–Kier alpha value is -1.56. The van der Waals surface area contributed by atoms with Gasteiger partial charge in [-0.3, -0.25) is 9.67 Å². The second-order valence-corrected chi connectivity index (χ2v) is 9.45. The Labute approximate surface area is 208 Å². The molecule has 1 amide bonds. The van der Waals surface area contributed by atoms with Crippen molar-refractivity contribution in [2.24, 2.45) is 18.0 Å². The standard InChI is InChI=1S/C22H38N6O3.HI/c1-22(2,3)31-21(29)28-10-6-7-17(14-28)8-9-24-20(23-4)27-11-12-30-19(16-27)18-13-25-26(5)15-18;/h13,15,17,19H,6-12,14,16H2,1-5H3,(H,23,24);1H. The molecule has 2 saturated heterocycles. The van der Waals surface area contributed by atoms with Crippen molar-refractivity contribution in [2.75, 3.05) is 46.4 Å². The van der Waals surface area contributed by atoms with Gasteiger partial charge < -0.3 is 24.6 Å². The topological polar surface area (TPSA) is 84.2 Å². The number of morpholine rings is 1. The molecular weight excluding hydrogens is 523 g/mol. The van der Waals surface area contributed by atoms with Crippen LogP contribution < -0.4 is 5.32 Å². The summed E-state index contributed by atoms with van der Waals surface area (Å²) in [6.07, 6.45) is 6.83. The number of ether oxygens (including phenoxy) is 2. The highest BCUT2D eigenvalue weighted by atomic mass is 127. The lowest BCUT2D eigenvalue weighted by molar-refractivity contribution is -0.00805. The summed E-state index contributed by atoms with van der Waals surface area (Å²) < 4.78 is 13.3. The van der Waals surface area contributed by atoms with Crippen LogP contribution in [0.1, 0.15) is 51.7 Å². The summed E-state index contributed by atoms with van der Waals surface area (Å²) in [7, 11) is 3.74. The second-order valence-electron chi connectivity index (χ2n) is 9.45. The molecule has 2 fully saturated rings. The molecule has 2 atom stereocenters. The van der Waals surface area contributed by atoms with E-state index in [1.54, 1.807) is 4.68 Å². The zero-order valence-corrected chi connectivity index (χ0v) is 22.4. The minimum Gasteiger partial charge on any atom is -0.444 e. The molecule has 1 aromatic rings. The number of amides is 1. The summed E-state index contributed by atoms with van der Waals surface area (Å²) in [5, 5.41) is 7.77. The largest absolute Gasteiger partial charge is 0.444 e. The highest BCUT2D eigenvalue weighted by molar-refractivity contribution is 14.0. The monoisotopic (exact) mass is 562 g/mol. The van der Waals surface area contributed by atoms with Gasteiger partial charge in [0.25, 0.3) is 0 Å². The number of hydrogen-bond donors (Lipinski definition) is 1. The maximum atomic E-state index is 12.4. The maximum Gasteiger partial charge on any atom is 0.410 e. The van der Waals surface area contributed by atoms with Crippen LogP contribution in [-0.4, -0.2) is 83.6 Å². The van der Waals surface area contributed by atoms with E-state index in [9.17, 15) is 4.79 Å². The fourth-order valence-electron chi connectivity index (χ4n) is 4.16. The number of likely N-dealkylation sites (tertiary alicyclic amines) is 1. The second kappa shape index (κ2) is 12.1. The molecule has 2 aliphatic rings. The van der Waals surface area contributed by atoms with E-state index in [4.69, 9.17) is 9.47 Å². The van der Waals surface area contributed by atoms with Crippen LogP contribution >= 0.6 is 24.0 Å². The molecule has 182 valence electrons. The predicted molar refractivity (Wildman–Crippen MR) is 135 cm³/mol. The Kier molecular flexibility index (Phi) is 10.1. The van der Waals surface area contributed by atoms with Crippen LogP contribution in [-0.2, 0) is 16.5 Å². The number of nitrogens with zero attached hydrogens (tertiary/aromatic N) is 5. The number of carbonyl (C=O) groups excluding carboxylic acids is 1. The number of rotatable bonds is 4. The van der Waals surface area contributed by atoms with Crippen molar-refractivity contribution in [1.82, 2.24) is 24.9 Å². The van der Waals surface area contributed by atoms with Gasteiger partial charge in [-0.05, 0) is 46.0 Å². The molecule has 3 heterocycles. The van der Waals surface area contributed by atoms with Crippen LogP contribution in [0.25, 0.3) is 0 Å². The summed E-state index contributed by atoms with van der Waals surface area (Å²) in [5.41, 5.74) is 0.635. The maximum absolute atomic E-state index is 12.4. The van der Waals surface area contributed by atoms with Crippen LogP contribution in [0.5, 0.6) is 0 Å². The molecule has 32 heavy (non-hydrogen) atoms. The summed E-state index contributed by atoms with van der Waals surface area (Å²) in [4.78, 5) is 21.0. The number of halogens is 1. The molecule has 10 heteroatoms. The third kappa shape index (κ3) is 7.79. The summed E-state index contributed by atoms with van der Waals surface area (Å²) >= 11 is 0. The van der Waals surface area contributed by atoms with Gasteiger partial charge in [-0.25, -0.2) is 4.79 Å². The third-order valence-electron chi connectivity index (χ3n) is 5.68. The van der Waals surface area contributed by atoms with Crippen LogP contribution in [0.2, 0.25) is 0 Å². The highest BCUT2D eigenvalue weighted by Crippen LogP contribution is 2.23. The first-order valence-corrected chi connectivity index (χ1v) is 11.3. The van der Waals surface area contributed by atoms with E-state index in [0.29, 0.717) is 12.5 Å². The van der Waals surface area contributed by atoms with Crippen molar-refractivity contribution in [2.45, 2.75) is 51.7 Å². The first-order valence-electron chi connectivity index (χ1n) is 11.3. The van der Waals surface area contributed by atoms with E-state index in [-0.39, 0.29) is 36.2 Å². The third-order valence-corrected chi connectivity index (χ3v) is 5.68. The molecule has 0 aliphatic carbocycles. The first kappa shape index (κ1) is 26.7. The van der Waals surface area contributed by atoms with Gasteiger partial charge in [-0.15, -0.1) is 24.0 Å². The van der Waals surface area contributed by atoms with Crippen LogP contribution in [0, 0.1) is 5.92 Å². The molecule has 0 radical (unpaired) electrons. The van der Waals surface area contributed by atoms with Crippen molar-refractivity contribution in [3.8, 4) is 0 Å². The fourth-order valence-corrected chi connectivity index (χ4v) is 4.16. The average molecular weight is 562 g/mol. The van der Waals surface area contributed by atoms with Crippen molar-refractivity contribution in [3.05, 3.63) is 18.0 Å². The Morgan fingerprint density at radius 3 is 2.75 bits per heavy atom. The Bertz CT molecular complexity index is 763. The van der Waals surface area contributed by atoms with Gasteiger partial charge in [0.2, 0.25) is 0 Å². The lowest BCUT2D eigenvalue weighted by Crippen LogP contribution is -2.49. The van der Waals surface area contributed by atoms with Crippen molar-refractivity contribution in [1.29, 1.82) is 0 Å². The smallest absolute Gasteiger partial charge is 0.410 e. The van der Waals surface area contributed by atoms with Crippen LogP contribution in [0.4, 0.5) is 4.79 Å². The van der Waals surface area contributed by atoms with Crippen molar-refractivity contribution < 1.29 is 14.3 Å². The van der Waals surface area contributed by atoms with Gasteiger partial charge in [-0.2, -0.15) is 5.10 Å². The minimum atomic E-state index is -0.454. The number of carbonyl (C=O) groups is 1.